The predicted molar refractivity (Wildman–Crippen MR) is 89.7 cm³/mol. The molecule has 136 valence electrons. The Bertz CT molecular complexity index is 651. The second-order valence-electron chi connectivity index (χ2n) is 7.64. The number of hydrogen-bond acceptors (Lipinski definition) is 5. The Hall–Kier alpha value is -1.92. The van der Waals surface area contributed by atoms with Crippen LogP contribution < -0.4 is 0 Å². The summed E-state index contributed by atoms with van der Waals surface area (Å²) in [5.41, 5.74) is 0. The van der Waals surface area contributed by atoms with Gasteiger partial charge >= 0.3 is 0 Å². The highest BCUT2D eigenvalue weighted by Gasteiger charge is 2.36. The van der Waals surface area contributed by atoms with Crippen molar-refractivity contribution in [1.82, 2.24) is 19.9 Å². The summed E-state index contributed by atoms with van der Waals surface area (Å²) in [6, 6.07) is 0.108. The van der Waals surface area contributed by atoms with Gasteiger partial charge in [0.15, 0.2) is 5.82 Å². The van der Waals surface area contributed by atoms with Crippen molar-refractivity contribution < 1.29 is 14.1 Å². The molecule has 4 rings (SSSR count). The van der Waals surface area contributed by atoms with E-state index in [0.717, 1.165) is 44.5 Å². The van der Waals surface area contributed by atoms with Crippen LogP contribution in [-0.4, -0.2) is 57.4 Å². The summed E-state index contributed by atoms with van der Waals surface area (Å²) in [4.78, 5) is 32.8. The average Bonchev–Trinajstić information content (AvgIpc) is 3.07. The first-order chi connectivity index (χ1) is 12.1. The highest BCUT2D eigenvalue weighted by Crippen LogP contribution is 2.38. The SMILES string of the molecule is CC(=O)N(CCc1noc(C2CC2)n1)C1CCN(C(=O)C2CCC2)C1. The van der Waals surface area contributed by atoms with Gasteiger partial charge in [0.2, 0.25) is 17.7 Å². The summed E-state index contributed by atoms with van der Waals surface area (Å²) >= 11 is 0. The lowest BCUT2D eigenvalue weighted by atomic mass is 9.84. The molecule has 2 amide bonds. The van der Waals surface area contributed by atoms with Crippen LogP contribution in [0.3, 0.4) is 0 Å². The Balaban J connectivity index is 1.32. The summed E-state index contributed by atoms with van der Waals surface area (Å²) in [6.07, 6.45) is 6.94. The van der Waals surface area contributed by atoms with E-state index in [1.807, 2.05) is 9.80 Å². The van der Waals surface area contributed by atoms with Crippen molar-refractivity contribution in [3.63, 3.8) is 0 Å². The lowest BCUT2D eigenvalue weighted by Crippen LogP contribution is -2.44. The van der Waals surface area contributed by atoms with Gasteiger partial charge in [-0.15, -0.1) is 0 Å². The molecule has 2 saturated carbocycles. The zero-order chi connectivity index (χ0) is 17.4. The van der Waals surface area contributed by atoms with Gasteiger partial charge in [-0.05, 0) is 32.1 Å². The quantitative estimate of drug-likeness (QED) is 0.784. The van der Waals surface area contributed by atoms with Gasteiger partial charge in [-0.2, -0.15) is 4.98 Å². The number of nitrogens with zero attached hydrogens (tertiary/aromatic N) is 4. The van der Waals surface area contributed by atoms with Crippen LogP contribution in [0.5, 0.6) is 0 Å². The topological polar surface area (TPSA) is 79.5 Å². The number of aromatic nitrogens is 2. The molecule has 3 fully saturated rings. The molecule has 0 bridgehead atoms. The van der Waals surface area contributed by atoms with E-state index in [1.54, 1.807) is 6.92 Å². The Kier molecular flexibility index (Phi) is 4.48. The lowest BCUT2D eigenvalue weighted by molar-refractivity contribution is -0.138. The van der Waals surface area contributed by atoms with Crippen molar-refractivity contribution in [3.05, 3.63) is 11.7 Å². The summed E-state index contributed by atoms with van der Waals surface area (Å²) in [5, 5.41) is 4.03. The predicted octanol–water partition coefficient (Wildman–Crippen LogP) is 1.74. The Morgan fingerprint density at radius 3 is 2.68 bits per heavy atom. The standard InChI is InChI=1S/C18H26N4O3/c1-12(23)22(10-8-16-19-17(25-20-16)13-5-6-13)15-7-9-21(11-15)18(24)14-3-2-4-14/h13-15H,2-11H2,1H3. The number of rotatable bonds is 6. The van der Waals surface area contributed by atoms with Gasteiger partial charge in [0.1, 0.15) is 0 Å². The van der Waals surface area contributed by atoms with E-state index in [9.17, 15) is 9.59 Å². The second kappa shape index (κ2) is 6.77. The maximum atomic E-state index is 12.4. The number of carbonyl (C=O) groups is 2. The molecule has 7 heteroatoms. The van der Waals surface area contributed by atoms with Crippen LogP contribution in [0.25, 0.3) is 0 Å². The van der Waals surface area contributed by atoms with Crippen molar-refractivity contribution in [1.29, 1.82) is 0 Å². The molecule has 3 aliphatic rings. The molecule has 7 nitrogen and oxygen atoms in total. The first-order valence-electron chi connectivity index (χ1n) is 9.50. The van der Waals surface area contributed by atoms with Gasteiger partial charge in [0.25, 0.3) is 0 Å². The van der Waals surface area contributed by atoms with Crippen molar-refractivity contribution in [3.8, 4) is 0 Å². The molecule has 1 aromatic heterocycles. The van der Waals surface area contributed by atoms with Crippen LogP contribution in [0.1, 0.15) is 63.1 Å². The Morgan fingerprint density at radius 2 is 2.04 bits per heavy atom. The first kappa shape index (κ1) is 16.5. The van der Waals surface area contributed by atoms with Crippen LogP contribution in [0.4, 0.5) is 0 Å². The summed E-state index contributed by atoms with van der Waals surface area (Å²) < 4.78 is 5.28. The van der Waals surface area contributed by atoms with Gasteiger partial charge in [0, 0.05) is 44.8 Å². The monoisotopic (exact) mass is 346 g/mol. The molecule has 1 unspecified atom stereocenters. The van der Waals surface area contributed by atoms with Gasteiger partial charge in [-0.1, -0.05) is 11.6 Å². The molecule has 0 N–H and O–H groups in total. The minimum Gasteiger partial charge on any atom is -0.340 e. The molecule has 2 heterocycles. The fourth-order valence-electron chi connectivity index (χ4n) is 3.79. The molecular formula is C18H26N4O3. The van der Waals surface area contributed by atoms with Gasteiger partial charge in [-0.3, -0.25) is 9.59 Å². The molecular weight excluding hydrogens is 320 g/mol. The molecule has 2 aliphatic carbocycles. The van der Waals surface area contributed by atoms with E-state index in [4.69, 9.17) is 4.52 Å². The largest absolute Gasteiger partial charge is 0.340 e. The van der Waals surface area contributed by atoms with E-state index in [0.29, 0.717) is 31.3 Å². The smallest absolute Gasteiger partial charge is 0.229 e. The molecule has 1 aromatic rings. The number of likely N-dealkylation sites (tertiary alicyclic amines) is 1. The fourth-order valence-corrected chi connectivity index (χ4v) is 3.79. The second-order valence-corrected chi connectivity index (χ2v) is 7.64. The zero-order valence-electron chi connectivity index (χ0n) is 14.8. The maximum Gasteiger partial charge on any atom is 0.229 e. The third kappa shape index (κ3) is 3.55. The van der Waals surface area contributed by atoms with Crippen LogP contribution >= 0.6 is 0 Å². The van der Waals surface area contributed by atoms with E-state index >= 15 is 0 Å². The van der Waals surface area contributed by atoms with E-state index in [-0.39, 0.29) is 23.8 Å². The highest BCUT2D eigenvalue weighted by atomic mass is 16.5. The first-order valence-corrected chi connectivity index (χ1v) is 9.50. The van der Waals surface area contributed by atoms with Gasteiger partial charge < -0.3 is 14.3 Å². The van der Waals surface area contributed by atoms with E-state index in [1.165, 1.54) is 6.42 Å². The van der Waals surface area contributed by atoms with Crippen LogP contribution in [0.15, 0.2) is 4.52 Å². The summed E-state index contributed by atoms with van der Waals surface area (Å²) in [5.74, 6) is 2.42. The lowest BCUT2D eigenvalue weighted by Gasteiger charge is -2.31. The molecule has 0 spiro atoms. The third-order valence-electron chi connectivity index (χ3n) is 5.76. The fraction of sp³-hybridized carbons (Fsp3) is 0.778. The van der Waals surface area contributed by atoms with Crippen molar-refractivity contribution in [2.45, 2.75) is 63.8 Å². The van der Waals surface area contributed by atoms with Crippen molar-refractivity contribution in [2.24, 2.45) is 5.92 Å². The Labute approximate surface area is 147 Å². The molecule has 1 atom stereocenters. The van der Waals surface area contributed by atoms with Crippen molar-refractivity contribution >= 4 is 11.8 Å². The maximum absolute atomic E-state index is 12.4. The van der Waals surface area contributed by atoms with Crippen LogP contribution in [0, 0.1) is 5.92 Å². The number of amides is 2. The number of hydrogen-bond donors (Lipinski definition) is 0. The summed E-state index contributed by atoms with van der Waals surface area (Å²) in [6.45, 7) is 3.60. The average molecular weight is 346 g/mol. The van der Waals surface area contributed by atoms with Gasteiger partial charge in [-0.25, -0.2) is 0 Å². The minimum absolute atomic E-state index is 0.0499. The molecule has 0 aromatic carbocycles. The summed E-state index contributed by atoms with van der Waals surface area (Å²) in [7, 11) is 0. The van der Waals surface area contributed by atoms with Crippen molar-refractivity contribution in [2.75, 3.05) is 19.6 Å². The minimum atomic E-state index is 0.0499. The van der Waals surface area contributed by atoms with Gasteiger partial charge in [0.05, 0.1) is 6.04 Å². The zero-order valence-corrected chi connectivity index (χ0v) is 14.8. The van der Waals surface area contributed by atoms with Crippen LogP contribution in [-0.2, 0) is 16.0 Å². The molecule has 25 heavy (non-hydrogen) atoms. The van der Waals surface area contributed by atoms with E-state index in [2.05, 4.69) is 10.1 Å². The molecule has 1 aliphatic heterocycles. The highest BCUT2D eigenvalue weighted by molar-refractivity contribution is 5.80. The Morgan fingerprint density at radius 1 is 1.24 bits per heavy atom. The number of carbonyl (C=O) groups excluding carboxylic acids is 2. The van der Waals surface area contributed by atoms with Crippen LogP contribution in [0.2, 0.25) is 0 Å². The third-order valence-corrected chi connectivity index (χ3v) is 5.76. The van der Waals surface area contributed by atoms with E-state index < -0.39 is 0 Å². The molecule has 0 radical (unpaired) electrons. The molecule has 1 saturated heterocycles. The normalized spacial score (nSPS) is 23.6.